The third kappa shape index (κ3) is 1.29. The Hall–Kier alpha value is -0.440. The van der Waals surface area contributed by atoms with Gasteiger partial charge in [0.05, 0.1) is 0 Å². The zero-order chi connectivity index (χ0) is 7.68. The summed E-state index contributed by atoms with van der Waals surface area (Å²) in [7, 11) is 0. The van der Waals surface area contributed by atoms with Crippen molar-refractivity contribution in [3.63, 3.8) is 0 Å². The first-order chi connectivity index (χ1) is 5.40. The number of imidazole rings is 1. The van der Waals surface area contributed by atoms with Crippen LogP contribution in [-0.2, 0) is 13.0 Å². The Balaban J connectivity index is 2.18. The molecule has 0 aliphatic carbocycles. The summed E-state index contributed by atoms with van der Waals surface area (Å²) in [5.74, 6) is 1.26. The molecule has 1 aliphatic rings. The molecule has 1 aliphatic heterocycles. The lowest BCUT2D eigenvalue weighted by molar-refractivity contribution is 0.533. The fourth-order valence-corrected chi connectivity index (χ4v) is 2.18. The van der Waals surface area contributed by atoms with Crippen LogP contribution in [-0.4, -0.2) is 21.1 Å². The van der Waals surface area contributed by atoms with Gasteiger partial charge in [0.15, 0.2) is 0 Å². The lowest BCUT2D eigenvalue weighted by atomic mass is 10.1. The van der Waals surface area contributed by atoms with Crippen LogP contribution in [0, 0.1) is 0 Å². The van der Waals surface area contributed by atoms with E-state index < -0.39 is 0 Å². The van der Waals surface area contributed by atoms with Crippen molar-refractivity contribution in [1.29, 1.82) is 0 Å². The SMILES string of the molecule is CSC1CCn2ccnc2C1. The number of thioether (sulfide) groups is 1. The molecule has 0 amide bonds. The van der Waals surface area contributed by atoms with Crippen molar-refractivity contribution < 1.29 is 0 Å². The molecule has 60 valence electrons. The van der Waals surface area contributed by atoms with Gasteiger partial charge in [-0.15, -0.1) is 0 Å². The van der Waals surface area contributed by atoms with E-state index in [1.54, 1.807) is 0 Å². The van der Waals surface area contributed by atoms with E-state index in [-0.39, 0.29) is 0 Å². The molecule has 2 nitrogen and oxygen atoms in total. The summed E-state index contributed by atoms with van der Waals surface area (Å²) >= 11 is 1.96. The van der Waals surface area contributed by atoms with Crippen LogP contribution < -0.4 is 0 Å². The van der Waals surface area contributed by atoms with Gasteiger partial charge in [-0.1, -0.05) is 0 Å². The van der Waals surface area contributed by atoms with Gasteiger partial charge in [-0.3, -0.25) is 0 Å². The van der Waals surface area contributed by atoms with Gasteiger partial charge in [-0.25, -0.2) is 4.98 Å². The summed E-state index contributed by atoms with van der Waals surface area (Å²) in [4.78, 5) is 4.30. The van der Waals surface area contributed by atoms with E-state index >= 15 is 0 Å². The molecule has 11 heavy (non-hydrogen) atoms. The van der Waals surface area contributed by atoms with E-state index in [1.807, 2.05) is 18.0 Å². The molecule has 2 heterocycles. The van der Waals surface area contributed by atoms with Crippen LogP contribution in [0.3, 0.4) is 0 Å². The van der Waals surface area contributed by atoms with Crippen LogP contribution in [0.5, 0.6) is 0 Å². The Bertz CT molecular complexity index is 244. The van der Waals surface area contributed by atoms with Crippen LogP contribution in [0.2, 0.25) is 0 Å². The van der Waals surface area contributed by atoms with Gasteiger partial charge in [-0.2, -0.15) is 11.8 Å². The van der Waals surface area contributed by atoms with E-state index in [9.17, 15) is 0 Å². The van der Waals surface area contributed by atoms with Gasteiger partial charge in [0.2, 0.25) is 0 Å². The highest BCUT2D eigenvalue weighted by molar-refractivity contribution is 7.99. The topological polar surface area (TPSA) is 17.8 Å². The van der Waals surface area contributed by atoms with Crippen molar-refractivity contribution in [1.82, 2.24) is 9.55 Å². The van der Waals surface area contributed by atoms with Crippen LogP contribution in [0.15, 0.2) is 12.4 Å². The molecule has 1 aromatic rings. The second-order valence-corrected chi connectivity index (χ2v) is 4.03. The van der Waals surface area contributed by atoms with Crippen LogP contribution in [0.1, 0.15) is 12.2 Å². The number of nitrogens with zero attached hydrogens (tertiary/aromatic N) is 2. The molecule has 0 aromatic carbocycles. The zero-order valence-corrected chi connectivity index (χ0v) is 7.47. The van der Waals surface area contributed by atoms with Crippen LogP contribution in [0.4, 0.5) is 0 Å². The first kappa shape index (κ1) is 7.22. The smallest absolute Gasteiger partial charge is 0.109 e. The van der Waals surface area contributed by atoms with Crippen molar-refractivity contribution >= 4 is 11.8 Å². The Morgan fingerprint density at radius 1 is 1.73 bits per heavy atom. The van der Waals surface area contributed by atoms with Crippen molar-refractivity contribution in [3.8, 4) is 0 Å². The highest BCUT2D eigenvalue weighted by atomic mass is 32.2. The molecule has 0 bridgehead atoms. The van der Waals surface area contributed by atoms with Gasteiger partial charge >= 0.3 is 0 Å². The van der Waals surface area contributed by atoms with E-state index in [2.05, 4.69) is 22.0 Å². The van der Waals surface area contributed by atoms with E-state index in [4.69, 9.17) is 0 Å². The van der Waals surface area contributed by atoms with E-state index in [1.165, 1.54) is 12.2 Å². The fraction of sp³-hybridized carbons (Fsp3) is 0.625. The summed E-state index contributed by atoms with van der Waals surface area (Å²) in [5.41, 5.74) is 0. The average molecular weight is 168 g/mol. The van der Waals surface area contributed by atoms with Crippen LogP contribution in [0.25, 0.3) is 0 Å². The van der Waals surface area contributed by atoms with Gasteiger partial charge in [0.25, 0.3) is 0 Å². The molecule has 1 unspecified atom stereocenters. The maximum absolute atomic E-state index is 4.30. The fourth-order valence-electron chi connectivity index (χ4n) is 1.52. The summed E-state index contributed by atoms with van der Waals surface area (Å²) in [6.45, 7) is 1.15. The van der Waals surface area contributed by atoms with Crippen molar-refractivity contribution in [3.05, 3.63) is 18.2 Å². The lowest BCUT2D eigenvalue weighted by Crippen LogP contribution is -2.20. The number of hydrogen-bond donors (Lipinski definition) is 0. The van der Waals surface area contributed by atoms with Gasteiger partial charge < -0.3 is 4.57 Å². The maximum atomic E-state index is 4.30. The van der Waals surface area contributed by atoms with Crippen LogP contribution >= 0.6 is 11.8 Å². The Kier molecular flexibility index (Phi) is 1.90. The Labute approximate surface area is 71.0 Å². The molecule has 3 heteroatoms. The molecule has 0 saturated heterocycles. The summed E-state index contributed by atoms with van der Waals surface area (Å²) in [5, 5.41) is 0.796. The molecule has 2 rings (SSSR count). The zero-order valence-electron chi connectivity index (χ0n) is 6.66. The number of aryl methyl sites for hydroxylation is 1. The third-order valence-electron chi connectivity index (χ3n) is 2.24. The van der Waals surface area contributed by atoms with E-state index in [0.29, 0.717) is 0 Å². The quantitative estimate of drug-likeness (QED) is 0.633. The highest BCUT2D eigenvalue weighted by Crippen LogP contribution is 2.21. The second kappa shape index (κ2) is 2.89. The van der Waals surface area contributed by atoms with E-state index in [0.717, 1.165) is 18.2 Å². The van der Waals surface area contributed by atoms with Gasteiger partial charge in [0, 0.05) is 30.6 Å². The molecular weight excluding hydrogens is 156 g/mol. The molecule has 1 aromatic heterocycles. The Morgan fingerprint density at radius 2 is 2.64 bits per heavy atom. The summed E-state index contributed by atoms with van der Waals surface area (Å²) < 4.78 is 2.26. The molecule has 0 fully saturated rings. The normalized spacial score (nSPS) is 23.2. The Morgan fingerprint density at radius 3 is 3.45 bits per heavy atom. The van der Waals surface area contributed by atoms with Crippen molar-refractivity contribution in [2.45, 2.75) is 24.6 Å². The largest absolute Gasteiger partial charge is 0.335 e. The van der Waals surface area contributed by atoms with Crippen molar-refractivity contribution in [2.75, 3.05) is 6.26 Å². The number of rotatable bonds is 1. The molecule has 0 saturated carbocycles. The first-order valence-corrected chi connectivity index (χ1v) is 5.22. The highest BCUT2D eigenvalue weighted by Gasteiger charge is 2.17. The molecule has 0 spiro atoms. The van der Waals surface area contributed by atoms with Crippen molar-refractivity contribution in [2.24, 2.45) is 0 Å². The summed E-state index contributed by atoms with van der Waals surface area (Å²) in [6.07, 6.45) is 8.60. The van der Waals surface area contributed by atoms with Gasteiger partial charge in [0.1, 0.15) is 5.82 Å². The molecular formula is C8H12N2S. The minimum Gasteiger partial charge on any atom is -0.335 e. The number of fused-ring (bicyclic) bond motifs is 1. The molecule has 0 N–H and O–H groups in total. The molecule has 1 atom stereocenters. The van der Waals surface area contributed by atoms with Gasteiger partial charge in [-0.05, 0) is 12.7 Å². The number of aromatic nitrogens is 2. The second-order valence-electron chi connectivity index (χ2n) is 2.89. The lowest BCUT2D eigenvalue weighted by Gasteiger charge is -2.21. The maximum Gasteiger partial charge on any atom is 0.109 e. The predicted octanol–water partition coefficient (Wildman–Crippen LogP) is 1.56. The predicted molar refractivity (Wildman–Crippen MR) is 47.9 cm³/mol. The molecule has 0 radical (unpaired) electrons. The first-order valence-electron chi connectivity index (χ1n) is 3.93. The standard InChI is InChI=1S/C8H12N2S/c1-11-7-2-4-10-5-3-9-8(10)6-7/h3,5,7H,2,4,6H2,1H3. The minimum atomic E-state index is 0.796. The third-order valence-corrected chi connectivity index (χ3v) is 3.31. The number of hydrogen-bond acceptors (Lipinski definition) is 2. The monoisotopic (exact) mass is 168 g/mol. The average Bonchev–Trinajstić information content (AvgIpc) is 2.50. The minimum absolute atomic E-state index is 0.796. The summed E-state index contributed by atoms with van der Waals surface area (Å²) in [6, 6.07) is 0.